The first kappa shape index (κ1) is 14.2. The quantitative estimate of drug-likeness (QED) is 0.890. The van der Waals surface area contributed by atoms with Crippen molar-refractivity contribution in [1.29, 1.82) is 0 Å². The van der Waals surface area contributed by atoms with Crippen molar-refractivity contribution in [3.63, 3.8) is 0 Å². The molecule has 20 heavy (non-hydrogen) atoms. The van der Waals surface area contributed by atoms with Gasteiger partial charge in [0.1, 0.15) is 11.8 Å². The summed E-state index contributed by atoms with van der Waals surface area (Å²) >= 11 is 0. The number of carbonyl (C=O) groups excluding carboxylic acids is 1. The molecule has 0 aliphatic heterocycles. The summed E-state index contributed by atoms with van der Waals surface area (Å²) in [7, 11) is 1.60. The molecule has 1 amide bonds. The number of nitrogens with zero attached hydrogens (tertiary/aromatic N) is 2. The van der Waals surface area contributed by atoms with Gasteiger partial charge in [-0.15, -0.1) is 0 Å². The van der Waals surface area contributed by atoms with E-state index in [0.29, 0.717) is 11.7 Å². The molecular weight excluding hydrogens is 256 g/mol. The second-order valence-corrected chi connectivity index (χ2v) is 5.03. The predicted molar refractivity (Wildman–Crippen MR) is 78.7 cm³/mol. The van der Waals surface area contributed by atoms with Crippen LogP contribution in [-0.4, -0.2) is 28.6 Å². The number of imidazole rings is 1. The third kappa shape index (κ3) is 2.54. The molecule has 0 spiro atoms. The van der Waals surface area contributed by atoms with E-state index < -0.39 is 6.04 Å². The zero-order chi connectivity index (χ0) is 14.9. The summed E-state index contributed by atoms with van der Waals surface area (Å²) in [6, 6.07) is 5.12. The first-order valence-corrected chi connectivity index (χ1v) is 6.56. The number of carbonyl (C=O) groups is 1. The van der Waals surface area contributed by atoms with Gasteiger partial charge in [0.05, 0.1) is 18.1 Å². The van der Waals surface area contributed by atoms with Gasteiger partial charge < -0.3 is 15.8 Å². The van der Waals surface area contributed by atoms with Crippen LogP contribution in [0, 0.1) is 0 Å². The van der Waals surface area contributed by atoms with Crippen LogP contribution in [0.5, 0.6) is 5.75 Å². The summed E-state index contributed by atoms with van der Waals surface area (Å²) < 4.78 is 6.93. The van der Waals surface area contributed by atoms with Crippen LogP contribution in [0.25, 0.3) is 11.0 Å². The van der Waals surface area contributed by atoms with E-state index in [1.807, 2.05) is 32.0 Å². The Labute approximate surface area is 117 Å². The first-order valence-electron chi connectivity index (χ1n) is 6.56. The van der Waals surface area contributed by atoms with E-state index in [-0.39, 0.29) is 11.9 Å². The molecule has 2 rings (SSSR count). The van der Waals surface area contributed by atoms with Crippen LogP contribution < -0.4 is 15.8 Å². The van der Waals surface area contributed by atoms with Gasteiger partial charge >= 0.3 is 0 Å². The number of hydrogen-bond acceptors (Lipinski definition) is 4. The van der Waals surface area contributed by atoms with Gasteiger partial charge in [-0.2, -0.15) is 0 Å². The highest BCUT2D eigenvalue weighted by molar-refractivity contribution is 5.86. The molecule has 0 bridgehead atoms. The fourth-order valence-corrected chi connectivity index (χ4v) is 2.15. The van der Waals surface area contributed by atoms with Crippen molar-refractivity contribution in [1.82, 2.24) is 14.9 Å². The number of nitrogens with two attached hydrogens (primary N) is 1. The fraction of sp³-hybridized carbons (Fsp3) is 0.429. The average Bonchev–Trinajstić information content (AvgIpc) is 2.71. The first-order chi connectivity index (χ1) is 9.43. The van der Waals surface area contributed by atoms with E-state index in [1.54, 1.807) is 18.6 Å². The number of hydrogen-bond donors (Lipinski definition) is 2. The second-order valence-electron chi connectivity index (χ2n) is 5.03. The maximum atomic E-state index is 12.2. The summed E-state index contributed by atoms with van der Waals surface area (Å²) in [6.07, 6.45) is 0. The van der Waals surface area contributed by atoms with Gasteiger partial charge in [-0.3, -0.25) is 9.36 Å². The highest BCUT2D eigenvalue weighted by atomic mass is 16.5. The Morgan fingerprint density at radius 3 is 2.70 bits per heavy atom. The molecule has 0 radical (unpaired) electrons. The van der Waals surface area contributed by atoms with Crippen molar-refractivity contribution in [3.05, 3.63) is 18.2 Å². The number of ether oxygens (including phenoxy) is 1. The Balaban J connectivity index is 2.46. The van der Waals surface area contributed by atoms with Crippen LogP contribution in [0.3, 0.4) is 0 Å². The Kier molecular flexibility index (Phi) is 3.83. The number of benzene rings is 1. The molecule has 0 saturated heterocycles. The van der Waals surface area contributed by atoms with Crippen molar-refractivity contribution >= 4 is 22.9 Å². The van der Waals surface area contributed by atoms with Gasteiger partial charge in [0.25, 0.3) is 0 Å². The van der Waals surface area contributed by atoms with E-state index in [1.165, 1.54) is 0 Å². The normalized spacial score (nSPS) is 12.7. The number of anilines is 1. The topological polar surface area (TPSA) is 82.2 Å². The molecule has 3 N–H and O–H groups in total. The highest BCUT2D eigenvalue weighted by Gasteiger charge is 2.21. The lowest BCUT2D eigenvalue weighted by Gasteiger charge is -2.17. The summed E-state index contributed by atoms with van der Waals surface area (Å²) in [5.74, 6) is 0.934. The molecule has 1 aromatic carbocycles. The molecule has 2 aromatic rings. The van der Waals surface area contributed by atoms with Gasteiger partial charge in [-0.1, -0.05) is 0 Å². The smallest absolute Gasteiger partial charge is 0.243 e. The van der Waals surface area contributed by atoms with E-state index in [4.69, 9.17) is 10.5 Å². The summed E-state index contributed by atoms with van der Waals surface area (Å²) in [5.41, 5.74) is 7.47. The SMILES string of the molecule is COc1ccc2nc(N)n(C(C)C(=O)NC(C)C)c2c1. The number of nitrogens with one attached hydrogen (secondary N) is 1. The standard InChI is InChI=1S/C14H20N4O2/c1-8(2)16-13(19)9(3)18-12-7-10(20-4)5-6-11(12)17-14(18)15/h5-9H,1-4H3,(H2,15,17)(H,16,19). The number of methoxy groups -OCH3 is 1. The van der Waals surface area contributed by atoms with E-state index >= 15 is 0 Å². The van der Waals surface area contributed by atoms with Crippen LogP contribution in [0.4, 0.5) is 5.95 Å². The van der Waals surface area contributed by atoms with Crippen molar-refractivity contribution in [2.45, 2.75) is 32.9 Å². The maximum Gasteiger partial charge on any atom is 0.243 e. The van der Waals surface area contributed by atoms with Crippen LogP contribution in [0.1, 0.15) is 26.8 Å². The van der Waals surface area contributed by atoms with Crippen LogP contribution >= 0.6 is 0 Å². The van der Waals surface area contributed by atoms with Gasteiger partial charge in [0.2, 0.25) is 11.9 Å². The molecule has 1 heterocycles. The number of aromatic nitrogens is 2. The van der Waals surface area contributed by atoms with Gasteiger partial charge in [0, 0.05) is 12.1 Å². The van der Waals surface area contributed by atoms with Crippen LogP contribution in [-0.2, 0) is 4.79 Å². The van der Waals surface area contributed by atoms with Crippen molar-refractivity contribution in [3.8, 4) is 5.75 Å². The molecule has 1 atom stereocenters. The molecular formula is C14H20N4O2. The second kappa shape index (κ2) is 5.40. The largest absolute Gasteiger partial charge is 0.497 e. The van der Waals surface area contributed by atoms with E-state index in [0.717, 1.165) is 11.0 Å². The molecule has 0 saturated carbocycles. The third-order valence-corrected chi connectivity index (χ3v) is 3.12. The highest BCUT2D eigenvalue weighted by Crippen LogP contribution is 2.26. The molecule has 6 nitrogen and oxygen atoms in total. The third-order valence-electron chi connectivity index (χ3n) is 3.12. The Bertz CT molecular complexity index is 633. The van der Waals surface area contributed by atoms with E-state index in [9.17, 15) is 4.79 Å². The fourth-order valence-electron chi connectivity index (χ4n) is 2.15. The Morgan fingerprint density at radius 1 is 1.40 bits per heavy atom. The van der Waals surface area contributed by atoms with Crippen molar-refractivity contribution in [2.24, 2.45) is 0 Å². The molecule has 6 heteroatoms. The molecule has 1 unspecified atom stereocenters. The van der Waals surface area contributed by atoms with Crippen molar-refractivity contribution in [2.75, 3.05) is 12.8 Å². The van der Waals surface area contributed by atoms with E-state index in [2.05, 4.69) is 10.3 Å². The lowest BCUT2D eigenvalue weighted by atomic mass is 10.2. The Hall–Kier alpha value is -2.24. The maximum absolute atomic E-state index is 12.2. The van der Waals surface area contributed by atoms with Gasteiger partial charge in [0.15, 0.2) is 0 Å². The molecule has 0 aliphatic carbocycles. The number of nitrogen functional groups attached to an aromatic ring is 1. The zero-order valence-corrected chi connectivity index (χ0v) is 12.2. The van der Waals surface area contributed by atoms with Crippen molar-refractivity contribution < 1.29 is 9.53 Å². The molecule has 0 fully saturated rings. The summed E-state index contributed by atoms with van der Waals surface area (Å²) in [5, 5.41) is 2.88. The average molecular weight is 276 g/mol. The van der Waals surface area contributed by atoms with Crippen LogP contribution in [0.15, 0.2) is 18.2 Å². The minimum Gasteiger partial charge on any atom is -0.497 e. The minimum absolute atomic E-state index is 0.0792. The number of fused-ring (bicyclic) bond motifs is 1. The number of amides is 1. The minimum atomic E-state index is -0.436. The zero-order valence-electron chi connectivity index (χ0n) is 12.2. The molecule has 0 aliphatic rings. The lowest BCUT2D eigenvalue weighted by molar-refractivity contribution is -0.124. The lowest BCUT2D eigenvalue weighted by Crippen LogP contribution is -2.36. The summed E-state index contributed by atoms with van der Waals surface area (Å²) in [4.78, 5) is 16.4. The van der Waals surface area contributed by atoms with Gasteiger partial charge in [-0.25, -0.2) is 4.98 Å². The predicted octanol–water partition coefficient (Wildman–Crippen LogP) is 1.71. The van der Waals surface area contributed by atoms with Gasteiger partial charge in [-0.05, 0) is 32.9 Å². The Morgan fingerprint density at radius 2 is 2.10 bits per heavy atom. The molecule has 1 aromatic heterocycles. The summed E-state index contributed by atoms with van der Waals surface area (Å²) in [6.45, 7) is 5.64. The number of rotatable bonds is 4. The monoisotopic (exact) mass is 276 g/mol. The molecule has 108 valence electrons. The van der Waals surface area contributed by atoms with Crippen LogP contribution in [0.2, 0.25) is 0 Å².